The molecule has 0 saturated heterocycles. The lowest BCUT2D eigenvalue weighted by Gasteiger charge is -2.07. The Kier molecular flexibility index (Phi) is 4.02. The first-order valence-corrected chi connectivity index (χ1v) is 6.49. The summed E-state index contributed by atoms with van der Waals surface area (Å²) in [7, 11) is 0. The van der Waals surface area contributed by atoms with Gasteiger partial charge in [-0.15, -0.1) is 16.7 Å². The van der Waals surface area contributed by atoms with Crippen molar-refractivity contribution in [3.63, 3.8) is 0 Å². The van der Waals surface area contributed by atoms with Crippen LogP contribution in [-0.2, 0) is 12.3 Å². The lowest BCUT2D eigenvalue weighted by atomic mass is 10.1. The molecule has 1 N–H and O–H groups in total. The van der Waals surface area contributed by atoms with E-state index >= 15 is 0 Å². The molecule has 1 aromatic carbocycles. The van der Waals surface area contributed by atoms with Gasteiger partial charge in [0.25, 0.3) is 0 Å². The van der Waals surface area contributed by atoms with Crippen molar-refractivity contribution in [2.45, 2.75) is 19.2 Å². The van der Waals surface area contributed by atoms with E-state index < -0.39 is 0 Å². The second-order valence-corrected chi connectivity index (χ2v) is 4.60. The first-order valence-electron chi connectivity index (χ1n) is 5.16. The van der Waals surface area contributed by atoms with Gasteiger partial charge in [-0.1, -0.05) is 28.0 Å². The Morgan fingerprint density at radius 3 is 2.88 bits per heavy atom. The van der Waals surface area contributed by atoms with Crippen LogP contribution in [0, 0.1) is 0 Å². The SMILES string of the molecule is CCc1cc(Br)ccc1Nc1nnc(CCl)o1. The van der Waals surface area contributed by atoms with Crippen LogP contribution in [0.3, 0.4) is 0 Å². The van der Waals surface area contributed by atoms with Gasteiger partial charge in [0.2, 0.25) is 5.89 Å². The van der Waals surface area contributed by atoms with Gasteiger partial charge in [-0.2, -0.15) is 0 Å². The fourth-order valence-electron chi connectivity index (χ4n) is 1.45. The molecule has 1 heterocycles. The van der Waals surface area contributed by atoms with Crippen LogP contribution in [0.25, 0.3) is 0 Å². The van der Waals surface area contributed by atoms with Gasteiger partial charge in [-0.3, -0.25) is 0 Å². The zero-order valence-electron chi connectivity index (χ0n) is 9.20. The summed E-state index contributed by atoms with van der Waals surface area (Å²) in [6.45, 7) is 2.09. The van der Waals surface area contributed by atoms with Gasteiger partial charge in [0.15, 0.2) is 0 Å². The van der Waals surface area contributed by atoms with Crippen LogP contribution in [0.4, 0.5) is 11.7 Å². The Balaban J connectivity index is 2.23. The molecular formula is C11H11BrClN3O. The number of aromatic nitrogens is 2. The summed E-state index contributed by atoms with van der Waals surface area (Å²) < 4.78 is 6.34. The van der Waals surface area contributed by atoms with E-state index in [1.54, 1.807) is 0 Å². The third-order valence-corrected chi connectivity index (χ3v) is 2.99. The molecule has 0 aliphatic rings. The van der Waals surface area contributed by atoms with Crippen molar-refractivity contribution in [2.24, 2.45) is 0 Å². The monoisotopic (exact) mass is 315 g/mol. The molecule has 0 saturated carbocycles. The molecule has 2 aromatic rings. The van der Waals surface area contributed by atoms with Crippen molar-refractivity contribution in [2.75, 3.05) is 5.32 Å². The second kappa shape index (κ2) is 5.51. The maximum absolute atomic E-state index is 5.59. The molecule has 0 fully saturated rings. The maximum atomic E-state index is 5.59. The number of hydrogen-bond acceptors (Lipinski definition) is 4. The van der Waals surface area contributed by atoms with E-state index in [9.17, 15) is 0 Å². The summed E-state index contributed by atoms with van der Waals surface area (Å²) in [6, 6.07) is 6.34. The number of halogens is 2. The van der Waals surface area contributed by atoms with Gasteiger partial charge >= 0.3 is 6.01 Å². The number of aryl methyl sites for hydroxylation is 1. The Morgan fingerprint density at radius 1 is 1.41 bits per heavy atom. The first-order chi connectivity index (χ1) is 8.22. The molecule has 0 bridgehead atoms. The average Bonchev–Trinajstić information content (AvgIpc) is 2.79. The molecule has 2 rings (SSSR count). The molecule has 17 heavy (non-hydrogen) atoms. The molecule has 0 atom stereocenters. The standard InChI is InChI=1S/C11H11BrClN3O/c1-2-7-5-8(12)3-4-9(7)14-11-16-15-10(6-13)17-11/h3-5H,2,6H2,1H3,(H,14,16). The molecule has 0 aliphatic carbocycles. The fraction of sp³-hybridized carbons (Fsp3) is 0.273. The zero-order valence-corrected chi connectivity index (χ0v) is 11.5. The van der Waals surface area contributed by atoms with Crippen LogP contribution in [0.5, 0.6) is 0 Å². The predicted octanol–water partition coefficient (Wildman–Crippen LogP) is 3.88. The third-order valence-electron chi connectivity index (χ3n) is 2.27. The molecular weight excluding hydrogens is 305 g/mol. The number of anilines is 2. The lowest BCUT2D eigenvalue weighted by molar-refractivity contribution is 0.530. The van der Waals surface area contributed by atoms with Crippen molar-refractivity contribution in [3.8, 4) is 0 Å². The van der Waals surface area contributed by atoms with Gasteiger partial charge in [0, 0.05) is 10.2 Å². The molecule has 90 valence electrons. The molecule has 0 spiro atoms. The average molecular weight is 317 g/mol. The van der Waals surface area contributed by atoms with Crippen LogP contribution in [0.1, 0.15) is 18.4 Å². The minimum atomic E-state index is 0.218. The smallest absolute Gasteiger partial charge is 0.320 e. The highest BCUT2D eigenvalue weighted by molar-refractivity contribution is 9.10. The van der Waals surface area contributed by atoms with Crippen LogP contribution in [-0.4, -0.2) is 10.2 Å². The highest BCUT2D eigenvalue weighted by atomic mass is 79.9. The highest BCUT2D eigenvalue weighted by Gasteiger charge is 2.07. The Labute approximate surface area is 113 Å². The van der Waals surface area contributed by atoms with Crippen molar-refractivity contribution in [1.82, 2.24) is 10.2 Å². The number of rotatable bonds is 4. The van der Waals surface area contributed by atoms with Crippen molar-refractivity contribution in [1.29, 1.82) is 0 Å². The zero-order chi connectivity index (χ0) is 12.3. The predicted molar refractivity (Wildman–Crippen MR) is 70.7 cm³/mol. The van der Waals surface area contributed by atoms with E-state index in [2.05, 4.69) is 44.4 Å². The number of nitrogens with zero attached hydrogens (tertiary/aromatic N) is 2. The van der Waals surface area contributed by atoms with E-state index in [1.165, 1.54) is 5.56 Å². The lowest BCUT2D eigenvalue weighted by Crippen LogP contribution is -1.95. The second-order valence-electron chi connectivity index (χ2n) is 3.41. The van der Waals surface area contributed by atoms with Crippen LogP contribution in [0.2, 0.25) is 0 Å². The summed E-state index contributed by atoms with van der Waals surface area (Å²) in [5.74, 6) is 0.625. The van der Waals surface area contributed by atoms with E-state index in [-0.39, 0.29) is 5.88 Å². The van der Waals surface area contributed by atoms with E-state index in [1.807, 2.05) is 12.1 Å². The van der Waals surface area contributed by atoms with E-state index in [0.29, 0.717) is 11.9 Å². The summed E-state index contributed by atoms with van der Waals surface area (Å²) in [6.07, 6.45) is 0.915. The molecule has 6 heteroatoms. The highest BCUT2D eigenvalue weighted by Crippen LogP contribution is 2.24. The number of alkyl halides is 1. The van der Waals surface area contributed by atoms with Crippen LogP contribution < -0.4 is 5.32 Å². The van der Waals surface area contributed by atoms with Gasteiger partial charge in [-0.05, 0) is 30.2 Å². The summed E-state index contributed by atoms with van der Waals surface area (Å²) in [4.78, 5) is 0. The minimum absolute atomic E-state index is 0.218. The molecule has 0 amide bonds. The summed E-state index contributed by atoms with van der Waals surface area (Å²) in [5, 5.41) is 10.7. The van der Waals surface area contributed by atoms with Gasteiger partial charge in [0.1, 0.15) is 5.88 Å². The molecule has 1 aromatic heterocycles. The van der Waals surface area contributed by atoms with Crippen LogP contribution >= 0.6 is 27.5 Å². The Bertz CT molecular complexity index is 515. The quantitative estimate of drug-likeness (QED) is 0.870. The first kappa shape index (κ1) is 12.4. The summed E-state index contributed by atoms with van der Waals surface area (Å²) in [5.41, 5.74) is 2.13. The Morgan fingerprint density at radius 2 is 2.24 bits per heavy atom. The number of nitrogens with one attached hydrogen (secondary N) is 1. The molecule has 4 nitrogen and oxygen atoms in total. The van der Waals surface area contributed by atoms with Crippen molar-refractivity contribution >= 4 is 39.2 Å². The Hall–Kier alpha value is -1.07. The normalized spacial score (nSPS) is 10.5. The third kappa shape index (κ3) is 2.98. The van der Waals surface area contributed by atoms with Gasteiger partial charge < -0.3 is 9.73 Å². The molecule has 0 unspecified atom stereocenters. The maximum Gasteiger partial charge on any atom is 0.320 e. The number of hydrogen-bond donors (Lipinski definition) is 1. The van der Waals surface area contributed by atoms with Crippen molar-refractivity contribution in [3.05, 3.63) is 34.1 Å². The van der Waals surface area contributed by atoms with Gasteiger partial charge in [-0.25, -0.2) is 0 Å². The van der Waals surface area contributed by atoms with E-state index in [0.717, 1.165) is 16.6 Å². The van der Waals surface area contributed by atoms with Crippen molar-refractivity contribution < 1.29 is 4.42 Å². The minimum Gasteiger partial charge on any atom is -0.407 e. The largest absolute Gasteiger partial charge is 0.407 e. The number of benzene rings is 1. The fourth-order valence-corrected chi connectivity index (χ4v) is 1.97. The van der Waals surface area contributed by atoms with Crippen LogP contribution in [0.15, 0.2) is 27.1 Å². The van der Waals surface area contributed by atoms with Gasteiger partial charge in [0.05, 0.1) is 0 Å². The van der Waals surface area contributed by atoms with E-state index in [4.69, 9.17) is 16.0 Å². The summed E-state index contributed by atoms with van der Waals surface area (Å²) >= 11 is 9.03. The topological polar surface area (TPSA) is 51.0 Å². The molecule has 0 radical (unpaired) electrons. The molecule has 0 aliphatic heterocycles.